The standard InChI is InChI=1S/C13H14BrN3OS/c1-2-11(12(18)17-13-15-7-8-19-13)16-10-5-3-9(14)4-6-10/h3-8,11,16H,2H2,1H3,(H,15,17,18)/t11-/m0/s1. The van der Waals surface area contributed by atoms with E-state index in [1.807, 2.05) is 36.6 Å². The number of amides is 1. The minimum Gasteiger partial charge on any atom is -0.374 e. The molecule has 0 aliphatic carbocycles. The number of anilines is 2. The Bertz CT molecular complexity index is 527. The zero-order chi connectivity index (χ0) is 13.7. The van der Waals surface area contributed by atoms with Crippen LogP contribution in [0.1, 0.15) is 13.3 Å². The number of halogens is 1. The second kappa shape index (κ2) is 6.68. The van der Waals surface area contributed by atoms with Gasteiger partial charge in [-0.1, -0.05) is 22.9 Å². The van der Waals surface area contributed by atoms with E-state index < -0.39 is 0 Å². The summed E-state index contributed by atoms with van der Waals surface area (Å²) < 4.78 is 1.01. The normalized spacial score (nSPS) is 11.9. The number of thiazole rings is 1. The maximum atomic E-state index is 12.1. The fourth-order valence-corrected chi connectivity index (χ4v) is 2.37. The SMILES string of the molecule is CC[C@H](Nc1ccc(Br)cc1)C(=O)Nc1nccs1. The van der Waals surface area contributed by atoms with Crippen LogP contribution in [-0.2, 0) is 4.79 Å². The zero-order valence-electron chi connectivity index (χ0n) is 10.4. The predicted octanol–water partition coefficient (Wildman–Crippen LogP) is 3.73. The molecule has 2 N–H and O–H groups in total. The lowest BCUT2D eigenvalue weighted by molar-refractivity contribution is -0.116. The maximum absolute atomic E-state index is 12.1. The molecule has 1 heterocycles. The van der Waals surface area contributed by atoms with E-state index in [-0.39, 0.29) is 11.9 Å². The van der Waals surface area contributed by atoms with Crippen LogP contribution in [0, 0.1) is 0 Å². The van der Waals surface area contributed by atoms with Gasteiger partial charge in [-0.25, -0.2) is 4.98 Å². The average Bonchev–Trinajstić information content (AvgIpc) is 2.90. The van der Waals surface area contributed by atoms with Crippen LogP contribution in [0.25, 0.3) is 0 Å². The van der Waals surface area contributed by atoms with Gasteiger partial charge in [0, 0.05) is 21.7 Å². The molecule has 0 saturated heterocycles. The van der Waals surface area contributed by atoms with E-state index in [1.165, 1.54) is 11.3 Å². The van der Waals surface area contributed by atoms with Crippen molar-refractivity contribution in [3.05, 3.63) is 40.3 Å². The van der Waals surface area contributed by atoms with Gasteiger partial charge in [-0.3, -0.25) is 4.79 Å². The number of carbonyl (C=O) groups is 1. The third-order valence-corrected chi connectivity index (χ3v) is 3.79. The highest BCUT2D eigenvalue weighted by Crippen LogP contribution is 2.17. The molecule has 0 aliphatic rings. The molecule has 0 fully saturated rings. The van der Waals surface area contributed by atoms with E-state index in [0.29, 0.717) is 11.6 Å². The summed E-state index contributed by atoms with van der Waals surface area (Å²) in [4.78, 5) is 16.1. The predicted molar refractivity (Wildman–Crippen MR) is 82.6 cm³/mol. The van der Waals surface area contributed by atoms with Gasteiger partial charge >= 0.3 is 0 Å². The van der Waals surface area contributed by atoms with Crippen molar-refractivity contribution in [2.24, 2.45) is 0 Å². The van der Waals surface area contributed by atoms with Crippen LogP contribution in [0.2, 0.25) is 0 Å². The quantitative estimate of drug-likeness (QED) is 0.872. The third-order valence-electron chi connectivity index (χ3n) is 2.57. The highest BCUT2D eigenvalue weighted by molar-refractivity contribution is 9.10. The lowest BCUT2D eigenvalue weighted by atomic mass is 10.2. The Kier molecular flexibility index (Phi) is 4.93. The van der Waals surface area contributed by atoms with E-state index in [4.69, 9.17) is 0 Å². The molecule has 4 nitrogen and oxygen atoms in total. The summed E-state index contributed by atoms with van der Waals surface area (Å²) in [5.74, 6) is -0.0691. The van der Waals surface area contributed by atoms with Gasteiger partial charge in [-0.05, 0) is 30.7 Å². The second-order valence-electron chi connectivity index (χ2n) is 3.94. The molecule has 0 aliphatic heterocycles. The van der Waals surface area contributed by atoms with Crippen molar-refractivity contribution in [1.82, 2.24) is 4.98 Å². The van der Waals surface area contributed by atoms with Crippen LogP contribution in [-0.4, -0.2) is 16.9 Å². The molecule has 1 amide bonds. The van der Waals surface area contributed by atoms with Gasteiger partial charge in [0.2, 0.25) is 5.91 Å². The first kappa shape index (κ1) is 14.0. The fraction of sp³-hybridized carbons (Fsp3) is 0.231. The van der Waals surface area contributed by atoms with E-state index in [2.05, 4.69) is 31.5 Å². The lowest BCUT2D eigenvalue weighted by Gasteiger charge is -2.17. The molecular weight excluding hydrogens is 326 g/mol. The topological polar surface area (TPSA) is 54.0 Å². The highest BCUT2D eigenvalue weighted by atomic mass is 79.9. The van der Waals surface area contributed by atoms with Gasteiger partial charge in [0.05, 0.1) is 0 Å². The fourth-order valence-electron chi connectivity index (χ4n) is 1.58. The molecule has 0 saturated carbocycles. The van der Waals surface area contributed by atoms with Crippen LogP contribution in [0.4, 0.5) is 10.8 Å². The molecule has 6 heteroatoms. The van der Waals surface area contributed by atoms with E-state index in [9.17, 15) is 4.79 Å². The Morgan fingerprint density at radius 1 is 1.42 bits per heavy atom. The van der Waals surface area contributed by atoms with Gasteiger partial charge in [-0.2, -0.15) is 0 Å². The molecular formula is C13H14BrN3OS. The monoisotopic (exact) mass is 339 g/mol. The average molecular weight is 340 g/mol. The Morgan fingerprint density at radius 2 is 2.16 bits per heavy atom. The molecule has 0 bridgehead atoms. The lowest BCUT2D eigenvalue weighted by Crippen LogP contribution is -2.34. The van der Waals surface area contributed by atoms with Crippen molar-refractivity contribution >= 4 is 44.0 Å². The van der Waals surface area contributed by atoms with Gasteiger partial charge in [-0.15, -0.1) is 11.3 Å². The number of aromatic nitrogens is 1. The van der Waals surface area contributed by atoms with Gasteiger partial charge in [0.1, 0.15) is 6.04 Å². The Hall–Kier alpha value is -1.40. The molecule has 0 radical (unpaired) electrons. The number of carbonyl (C=O) groups excluding carboxylic acids is 1. The molecule has 0 spiro atoms. The van der Waals surface area contributed by atoms with Gasteiger partial charge < -0.3 is 10.6 Å². The molecule has 100 valence electrons. The Balaban J connectivity index is 1.99. The Labute approximate surface area is 124 Å². The van der Waals surface area contributed by atoms with Crippen molar-refractivity contribution in [1.29, 1.82) is 0 Å². The van der Waals surface area contributed by atoms with Crippen LogP contribution >= 0.6 is 27.3 Å². The molecule has 2 rings (SSSR count). The minimum absolute atomic E-state index is 0.0691. The summed E-state index contributed by atoms with van der Waals surface area (Å²) >= 11 is 4.79. The summed E-state index contributed by atoms with van der Waals surface area (Å²) in [5, 5.41) is 8.47. The van der Waals surface area contributed by atoms with E-state index in [1.54, 1.807) is 6.20 Å². The van der Waals surface area contributed by atoms with Gasteiger partial charge in [0.15, 0.2) is 5.13 Å². The van der Waals surface area contributed by atoms with E-state index >= 15 is 0 Å². The number of benzene rings is 1. The maximum Gasteiger partial charge on any atom is 0.248 e. The van der Waals surface area contributed by atoms with Crippen molar-refractivity contribution < 1.29 is 4.79 Å². The molecule has 1 aromatic carbocycles. The highest BCUT2D eigenvalue weighted by Gasteiger charge is 2.16. The van der Waals surface area contributed by atoms with Crippen molar-refractivity contribution in [3.8, 4) is 0 Å². The summed E-state index contributed by atoms with van der Waals surface area (Å²) in [5.41, 5.74) is 0.921. The van der Waals surface area contributed by atoms with Gasteiger partial charge in [0.25, 0.3) is 0 Å². The smallest absolute Gasteiger partial charge is 0.248 e. The first-order valence-corrected chi connectivity index (χ1v) is 7.58. The van der Waals surface area contributed by atoms with Crippen LogP contribution in [0.3, 0.4) is 0 Å². The number of nitrogens with zero attached hydrogens (tertiary/aromatic N) is 1. The molecule has 0 unspecified atom stereocenters. The third kappa shape index (κ3) is 4.04. The van der Waals surface area contributed by atoms with Crippen molar-refractivity contribution in [3.63, 3.8) is 0 Å². The Morgan fingerprint density at radius 3 is 2.74 bits per heavy atom. The van der Waals surface area contributed by atoms with Crippen molar-refractivity contribution in [2.75, 3.05) is 10.6 Å². The number of nitrogens with one attached hydrogen (secondary N) is 2. The molecule has 1 atom stereocenters. The zero-order valence-corrected chi connectivity index (χ0v) is 12.8. The first-order valence-electron chi connectivity index (χ1n) is 5.91. The summed E-state index contributed by atoms with van der Waals surface area (Å²) in [6.07, 6.45) is 2.37. The summed E-state index contributed by atoms with van der Waals surface area (Å²) in [7, 11) is 0. The summed E-state index contributed by atoms with van der Waals surface area (Å²) in [6.45, 7) is 1.97. The molecule has 1 aromatic heterocycles. The van der Waals surface area contributed by atoms with Crippen LogP contribution in [0.5, 0.6) is 0 Å². The summed E-state index contributed by atoms with van der Waals surface area (Å²) in [6, 6.07) is 7.47. The minimum atomic E-state index is -0.273. The number of hydrogen-bond acceptors (Lipinski definition) is 4. The molecule has 2 aromatic rings. The van der Waals surface area contributed by atoms with Crippen molar-refractivity contribution in [2.45, 2.75) is 19.4 Å². The second-order valence-corrected chi connectivity index (χ2v) is 5.75. The molecule has 19 heavy (non-hydrogen) atoms. The van der Waals surface area contributed by atoms with Crippen LogP contribution < -0.4 is 10.6 Å². The number of rotatable bonds is 5. The van der Waals surface area contributed by atoms with E-state index in [0.717, 1.165) is 10.2 Å². The number of hydrogen-bond donors (Lipinski definition) is 2. The largest absolute Gasteiger partial charge is 0.374 e. The van der Waals surface area contributed by atoms with Crippen LogP contribution in [0.15, 0.2) is 40.3 Å². The first-order chi connectivity index (χ1) is 9.19.